The van der Waals surface area contributed by atoms with E-state index in [2.05, 4.69) is 10.1 Å². The lowest BCUT2D eigenvalue weighted by Crippen LogP contribution is -2.49. The summed E-state index contributed by atoms with van der Waals surface area (Å²) in [4.78, 5) is 60.1. The zero-order chi connectivity index (χ0) is 33.0. The minimum absolute atomic E-state index is 0.0799. The quantitative estimate of drug-likeness (QED) is 0.141. The molecule has 2 atom stereocenters. The molecule has 11 nitrogen and oxygen atoms in total. The third kappa shape index (κ3) is 10.4. The molecule has 3 amide bonds. The Labute approximate surface area is 250 Å². The van der Waals surface area contributed by atoms with Crippen LogP contribution in [0.5, 0.6) is 5.75 Å². The van der Waals surface area contributed by atoms with Crippen LogP contribution in [0, 0.1) is 23.3 Å². The highest BCUT2D eigenvalue weighted by Crippen LogP contribution is 2.26. The number of ketones is 1. The summed E-state index contributed by atoms with van der Waals surface area (Å²) in [7, 11) is -0.573. The first kappa shape index (κ1) is 35.3. The smallest absolute Gasteiger partial charge is 0.313 e. The van der Waals surface area contributed by atoms with Crippen LogP contribution in [0.2, 0.25) is 0 Å². The van der Waals surface area contributed by atoms with Gasteiger partial charge in [0.25, 0.3) is 0 Å². The number of ether oxygens (including phenoxy) is 1. The van der Waals surface area contributed by atoms with E-state index in [1.807, 2.05) is 17.6 Å². The summed E-state index contributed by atoms with van der Waals surface area (Å²) < 4.78 is 68.5. The van der Waals surface area contributed by atoms with E-state index in [-0.39, 0.29) is 6.07 Å². The molecule has 0 fully saturated rings. The maximum atomic E-state index is 13.7. The monoisotopic (exact) mass is 641 g/mol. The molecular weight excluding hydrogens is 614 g/mol. The highest BCUT2D eigenvalue weighted by Gasteiger charge is 2.27. The summed E-state index contributed by atoms with van der Waals surface area (Å²) in [5.41, 5.74) is 0.330. The minimum atomic E-state index is -1.93. The Balaban J connectivity index is 0.00000125. The number of rotatable bonds is 11. The molecule has 0 heterocycles. The number of carbonyl (C=O) groups excluding carboxylic acids is 4. The Morgan fingerprint density at radius 3 is 2.11 bits per heavy atom. The number of carboxylic acid groups (broad SMARTS) is 1. The first-order valence-electron chi connectivity index (χ1n) is 12.6. The average molecular weight is 642 g/mol. The van der Waals surface area contributed by atoms with Crippen LogP contribution in [-0.2, 0) is 34.8 Å². The molecule has 3 rings (SSSR count). The summed E-state index contributed by atoms with van der Waals surface area (Å²) in [6.07, 6.45) is 0.686. The van der Waals surface area contributed by atoms with Crippen LogP contribution in [0.1, 0.15) is 13.3 Å². The third-order valence-electron chi connectivity index (χ3n) is 5.59. The maximum Gasteiger partial charge on any atom is 0.313 e. The lowest BCUT2D eigenvalue weighted by Gasteiger charge is -2.17. The van der Waals surface area contributed by atoms with Gasteiger partial charge in [-0.1, -0.05) is 43.3 Å². The van der Waals surface area contributed by atoms with Crippen molar-refractivity contribution in [2.24, 2.45) is 0 Å². The van der Waals surface area contributed by atoms with Crippen LogP contribution >= 0.6 is 0 Å². The lowest BCUT2D eigenvalue weighted by molar-refractivity contribution is -0.140. The molecule has 0 aliphatic heterocycles. The number of benzene rings is 3. The van der Waals surface area contributed by atoms with Gasteiger partial charge >= 0.3 is 17.8 Å². The number of fused-ring (bicyclic) bond motifs is 1. The molecule has 3 aromatic carbocycles. The zero-order valence-electron chi connectivity index (χ0n) is 23.2. The van der Waals surface area contributed by atoms with E-state index in [0.717, 1.165) is 11.1 Å². The fourth-order valence-corrected chi connectivity index (χ4v) is 3.34. The number of carboxylic acids is 1. The van der Waals surface area contributed by atoms with Crippen molar-refractivity contribution in [3.8, 4) is 5.75 Å². The molecule has 236 valence electrons. The van der Waals surface area contributed by atoms with E-state index >= 15 is 0 Å². The van der Waals surface area contributed by atoms with Gasteiger partial charge in [-0.3, -0.25) is 28.2 Å². The van der Waals surface area contributed by atoms with Crippen LogP contribution in [0.3, 0.4) is 0 Å². The number of hydrogen-bond acceptors (Lipinski definition) is 7. The van der Waals surface area contributed by atoms with Gasteiger partial charge in [0.15, 0.2) is 23.2 Å². The van der Waals surface area contributed by atoms with Crippen molar-refractivity contribution in [3.63, 3.8) is 0 Å². The number of amides is 3. The van der Waals surface area contributed by atoms with Crippen LogP contribution in [0.25, 0.3) is 10.8 Å². The Bertz CT molecular complexity index is 1560. The number of nitrogens with one attached hydrogen (secondary N) is 3. The highest BCUT2D eigenvalue weighted by atomic mass is 32.2. The second-order valence-electron chi connectivity index (χ2n) is 8.80. The Morgan fingerprint density at radius 2 is 1.52 bits per heavy atom. The summed E-state index contributed by atoms with van der Waals surface area (Å²) in [5.74, 6) is -14.5. The van der Waals surface area contributed by atoms with E-state index in [0.29, 0.717) is 11.1 Å². The molecule has 1 unspecified atom stereocenters. The Morgan fingerprint density at radius 1 is 0.932 bits per heavy atom. The topological polar surface area (TPSA) is 168 Å². The fraction of sp³-hybridized carbons (Fsp3) is 0.250. The molecule has 0 saturated heterocycles. The number of anilines is 1. The van der Waals surface area contributed by atoms with Gasteiger partial charge < -0.3 is 25.8 Å². The van der Waals surface area contributed by atoms with E-state index in [9.17, 15) is 45.7 Å². The largest absolute Gasteiger partial charge is 0.481 e. The summed E-state index contributed by atoms with van der Waals surface area (Å²) in [6.45, 7) is -0.227. The summed E-state index contributed by atoms with van der Waals surface area (Å²) in [5, 5.41) is 16.8. The van der Waals surface area contributed by atoms with Crippen LogP contribution in [-0.4, -0.2) is 70.0 Å². The highest BCUT2D eigenvalue weighted by molar-refractivity contribution is 7.84. The van der Waals surface area contributed by atoms with Gasteiger partial charge in [0, 0.05) is 39.9 Å². The van der Waals surface area contributed by atoms with E-state index in [1.165, 1.54) is 0 Å². The molecule has 0 aliphatic carbocycles. The number of halogens is 4. The van der Waals surface area contributed by atoms with Crippen molar-refractivity contribution in [1.82, 2.24) is 10.6 Å². The van der Waals surface area contributed by atoms with Gasteiger partial charge in [-0.05, 0) is 11.5 Å². The fourth-order valence-electron chi connectivity index (χ4n) is 3.34. The first-order chi connectivity index (χ1) is 20.7. The second-order valence-corrected chi connectivity index (χ2v) is 10.5. The van der Waals surface area contributed by atoms with Gasteiger partial charge in [0.2, 0.25) is 17.5 Å². The standard InChI is InChI=1S/C25H19F4N3O7.C3H8OS/c26-14-8-15(27)22(29)23(21(14)28)39-11-18(33)17(9-20(35)36)31-19(34)10-30-24(37)25(38)32-16-7-3-5-12-4-1-2-6-13(12)16;1-3-5(2)4/h1-8,17H,9-11H2,(H,30,37)(H,31,34)(H,32,38)(H,35,36);3H2,1-2H3/t17-;/m0./s1. The Kier molecular flexibility index (Phi) is 13.4. The molecule has 16 heteroatoms. The number of hydrogen-bond donors (Lipinski definition) is 4. The van der Waals surface area contributed by atoms with Gasteiger partial charge in [0.1, 0.15) is 12.6 Å². The molecule has 0 bridgehead atoms. The molecule has 0 saturated carbocycles. The molecule has 0 radical (unpaired) electrons. The predicted octanol–water partition coefficient (Wildman–Crippen LogP) is 2.44. The van der Waals surface area contributed by atoms with Gasteiger partial charge in [0.05, 0.1) is 13.0 Å². The average Bonchev–Trinajstić information content (AvgIpc) is 2.98. The maximum absolute atomic E-state index is 13.7. The lowest BCUT2D eigenvalue weighted by atomic mass is 10.1. The summed E-state index contributed by atoms with van der Waals surface area (Å²) >= 11 is 0. The SMILES string of the molecule is CCS(C)=O.O=C(O)C[C@H](NC(=O)CNC(=O)C(=O)Nc1cccc2ccccc12)C(=O)COc1c(F)c(F)cc(F)c1F. The molecule has 0 aromatic heterocycles. The molecule has 0 spiro atoms. The number of carbonyl (C=O) groups is 5. The second kappa shape index (κ2) is 16.7. The van der Waals surface area contributed by atoms with Crippen molar-refractivity contribution >= 4 is 56.7 Å². The van der Waals surface area contributed by atoms with Crippen molar-refractivity contribution in [2.75, 3.05) is 30.5 Å². The van der Waals surface area contributed by atoms with E-state index in [1.54, 1.807) is 48.7 Å². The van der Waals surface area contributed by atoms with Crippen molar-refractivity contribution in [2.45, 2.75) is 19.4 Å². The molecular formula is C28H27F4N3O8S. The Hall–Kier alpha value is -4.86. The van der Waals surface area contributed by atoms with Crippen LogP contribution in [0.4, 0.5) is 23.2 Å². The third-order valence-corrected chi connectivity index (χ3v) is 6.41. The number of aliphatic carboxylic acids is 1. The van der Waals surface area contributed by atoms with Crippen molar-refractivity contribution in [1.29, 1.82) is 0 Å². The van der Waals surface area contributed by atoms with Gasteiger partial charge in [-0.25, -0.2) is 8.78 Å². The normalized spacial score (nSPS) is 11.8. The minimum Gasteiger partial charge on any atom is -0.481 e. The first-order valence-corrected chi connectivity index (χ1v) is 14.3. The van der Waals surface area contributed by atoms with Crippen molar-refractivity contribution in [3.05, 3.63) is 71.8 Å². The van der Waals surface area contributed by atoms with E-state index in [4.69, 9.17) is 5.11 Å². The van der Waals surface area contributed by atoms with Gasteiger partial charge in [-0.2, -0.15) is 8.78 Å². The van der Waals surface area contributed by atoms with Crippen LogP contribution < -0.4 is 20.7 Å². The zero-order valence-corrected chi connectivity index (χ0v) is 24.1. The molecule has 44 heavy (non-hydrogen) atoms. The molecule has 4 N–H and O–H groups in total. The summed E-state index contributed by atoms with van der Waals surface area (Å²) in [6, 6.07) is 10.1. The van der Waals surface area contributed by atoms with E-state index < -0.39 is 94.9 Å². The predicted molar refractivity (Wildman–Crippen MR) is 151 cm³/mol. The van der Waals surface area contributed by atoms with Crippen LogP contribution in [0.15, 0.2) is 48.5 Å². The number of Topliss-reactive ketones (excluding diaryl/α,β-unsaturated/α-hetero) is 1. The molecule has 0 aliphatic rings. The van der Waals surface area contributed by atoms with Crippen molar-refractivity contribution < 1.29 is 55.6 Å². The van der Waals surface area contributed by atoms with Gasteiger partial charge in [-0.15, -0.1) is 0 Å². The molecule has 3 aromatic rings.